The fraction of sp³-hybridized carbons (Fsp3) is 0.500. The molecule has 2 aliphatic heterocycles. The zero-order chi connectivity index (χ0) is 20.1. The van der Waals surface area contributed by atoms with E-state index >= 15 is 0 Å². The minimum absolute atomic E-state index is 0. The number of rotatable bonds is 6. The van der Waals surface area contributed by atoms with Gasteiger partial charge in [0.05, 0.1) is 12.2 Å². The Bertz CT molecular complexity index is 825. The number of benzene rings is 1. The Balaban J connectivity index is 0.00000171. The van der Waals surface area contributed by atoms with E-state index in [9.17, 15) is 4.79 Å². The Morgan fingerprint density at radius 1 is 0.968 bits per heavy atom. The molecule has 4 rings (SSSR count). The number of carbonyl (C=O) groups is 1. The third kappa shape index (κ3) is 6.66. The maximum atomic E-state index is 12.5. The van der Waals surface area contributed by atoms with E-state index in [0.29, 0.717) is 19.5 Å². The van der Waals surface area contributed by atoms with Crippen molar-refractivity contribution in [1.29, 1.82) is 0 Å². The second-order valence-electron chi connectivity index (χ2n) is 8.71. The van der Waals surface area contributed by atoms with Gasteiger partial charge in [0.25, 0.3) is 0 Å². The highest BCUT2D eigenvalue weighted by Gasteiger charge is 2.40. The van der Waals surface area contributed by atoms with Crippen molar-refractivity contribution in [2.75, 3.05) is 26.2 Å². The summed E-state index contributed by atoms with van der Waals surface area (Å²) >= 11 is 0. The molecule has 170 valence electrons. The van der Waals surface area contributed by atoms with E-state index in [1.807, 2.05) is 23.1 Å². The molecule has 7 heteroatoms. The lowest BCUT2D eigenvalue weighted by Gasteiger charge is -2.47. The van der Waals surface area contributed by atoms with Gasteiger partial charge in [0.2, 0.25) is 5.91 Å². The molecule has 0 saturated carbocycles. The molecule has 1 aromatic heterocycles. The van der Waals surface area contributed by atoms with Crippen LogP contribution in [0, 0.1) is 5.41 Å². The molecular formula is C24H34Cl2N4O. The molecular weight excluding hydrogens is 431 g/mol. The van der Waals surface area contributed by atoms with Crippen molar-refractivity contribution in [2.24, 2.45) is 11.1 Å². The van der Waals surface area contributed by atoms with Crippen LogP contribution in [0.15, 0.2) is 48.7 Å². The van der Waals surface area contributed by atoms with E-state index in [1.165, 1.54) is 24.0 Å². The molecule has 2 fully saturated rings. The first-order valence-corrected chi connectivity index (χ1v) is 10.8. The SMILES string of the molecule is Cl.Cl.NCCc1cccc(CN2CCC3(CCC(=O)N(Cc4ccccn4)C3)CC2)c1. The molecule has 2 saturated heterocycles. The van der Waals surface area contributed by atoms with Gasteiger partial charge in [0.15, 0.2) is 0 Å². The molecule has 5 nitrogen and oxygen atoms in total. The molecule has 31 heavy (non-hydrogen) atoms. The lowest BCUT2D eigenvalue weighted by molar-refractivity contribution is -0.140. The maximum Gasteiger partial charge on any atom is 0.222 e. The van der Waals surface area contributed by atoms with Crippen molar-refractivity contribution >= 4 is 30.7 Å². The van der Waals surface area contributed by atoms with E-state index in [-0.39, 0.29) is 36.1 Å². The zero-order valence-electron chi connectivity index (χ0n) is 18.0. The van der Waals surface area contributed by atoms with Crippen LogP contribution < -0.4 is 5.73 Å². The molecule has 2 aromatic rings. The van der Waals surface area contributed by atoms with E-state index < -0.39 is 0 Å². The third-order valence-electron chi connectivity index (χ3n) is 6.57. The molecule has 2 aliphatic rings. The molecule has 1 amide bonds. The summed E-state index contributed by atoms with van der Waals surface area (Å²) in [7, 11) is 0. The summed E-state index contributed by atoms with van der Waals surface area (Å²) in [6.45, 7) is 5.43. The van der Waals surface area contributed by atoms with Crippen LogP contribution >= 0.6 is 24.8 Å². The number of aromatic nitrogens is 1. The molecule has 3 heterocycles. The third-order valence-corrected chi connectivity index (χ3v) is 6.57. The Morgan fingerprint density at radius 3 is 2.45 bits per heavy atom. The Labute approximate surface area is 198 Å². The van der Waals surface area contributed by atoms with Gasteiger partial charge in [-0.3, -0.25) is 14.7 Å². The summed E-state index contributed by atoms with van der Waals surface area (Å²) in [5.74, 6) is 0.278. The summed E-state index contributed by atoms with van der Waals surface area (Å²) in [5, 5.41) is 0. The minimum Gasteiger partial charge on any atom is -0.336 e. The fourth-order valence-electron chi connectivity index (χ4n) is 4.84. The predicted molar refractivity (Wildman–Crippen MR) is 130 cm³/mol. The number of nitrogens with zero attached hydrogens (tertiary/aromatic N) is 3. The first-order valence-electron chi connectivity index (χ1n) is 10.8. The van der Waals surface area contributed by atoms with Crippen LogP contribution in [0.1, 0.15) is 42.5 Å². The topological polar surface area (TPSA) is 62.5 Å². The van der Waals surface area contributed by atoms with E-state index in [0.717, 1.165) is 44.7 Å². The Hall–Kier alpha value is -1.66. The molecule has 1 spiro atoms. The summed E-state index contributed by atoms with van der Waals surface area (Å²) in [4.78, 5) is 21.5. The van der Waals surface area contributed by atoms with Crippen LogP contribution in [0.5, 0.6) is 0 Å². The summed E-state index contributed by atoms with van der Waals surface area (Å²) in [6, 6.07) is 14.8. The Kier molecular flexibility index (Phi) is 9.76. The average Bonchev–Trinajstić information content (AvgIpc) is 2.74. The van der Waals surface area contributed by atoms with Crippen LogP contribution in [-0.4, -0.2) is 46.9 Å². The number of hydrogen-bond donors (Lipinski definition) is 1. The van der Waals surface area contributed by atoms with Gasteiger partial charge in [0, 0.05) is 25.7 Å². The van der Waals surface area contributed by atoms with Gasteiger partial charge in [-0.15, -0.1) is 24.8 Å². The molecule has 1 aromatic carbocycles. The number of piperidine rings is 2. The zero-order valence-corrected chi connectivity index (χ0v) is 19.7. The second-order valence-corrected chi connectivity index (χ2v) is 8.71. The molecule has 0 bridgehead atoms. The largest absolute Gasteiger partial charge is 0.336 e. The van der Waals surface area contributed by atoms with Crippen molar-refractivity contribution < 1.29 is 4.79 Å². The number of pyridine rings is 1. The number of halogens is 2. The highest BCUT2D eigenvalue weighted by molar-refractivity contribution is 5.85. The van der Waals surface area contributed by atoms with Gasteiger partial charge in [0.1, 0.15) is 0 Å². The van der Waals surface area contributed by atoms with Gasteiger partial charge in [-0.05, 0) is 74.0 Å². The van der Waals surface area contributed by atoms with E-state index in [4.69, 9.17) is 5.73 Å². The van der Waals surface area contributed by atoms with Crippen molar-refractivity contribution in [3.63, 3.8) is 0 Å². The van der Waals surface area contributed by atoms with Crippen LogP contribution in [0.25, 0.3) is 0 Å². The average molecular weight is 465 g/mol. The van der Waals surface area contributed by atoms with Gasteiger partial charge < -0.3 is 10.6 Å². The maximum absolute atomic E-state index is 12.5. The number of amides is 1. The van der Waals surface area contributed by atoms with Crippen LogP contribution in [0.4, 0.5) is 0 Å². The van der Waals surface area contributed by atoms with Crippen molar-refractivity contribution in [1.82, 2.24) is 14.8 Å². The number of carbonyl (C=O) groups excluding carboxylic acids is 1. The molecule has 2 N–H and O–H groups in total. The van der Waals surface area contributed by atoms with E-state index in [1.54, 1.807) is 6.20 Å². The van der Waals surface area contributed by atoms with Gasteiger partial charge in [-0.2, -0.15) is 0 Å². The van der Waals surface area contributed by atoms with Crippen molar-refractivity contribution in [3.8, 4) is 0 Å². The smallest absolute Gasteiger partial charge is 0.222 e. The lowest BCUT2D eigenvalue weighted by atomic mass is 9.72. The number of likely N-dealkylation sites (tertiary alicyclic amines) is 2. The number of nitrogens with two attached hydrogens (primary N) is 1. The van der Waals surface area contributed by atoms with E-state index in [2.05, 4.69) is 34.1 Å². The molecule has 0 unspecified atom stereocenters. The standard InChI is InChI=1S/C24H32N4O.2ClH/c25-12-8-20-4-3-5-21(16-20)17-27-14-10-24(11-15-27)9-7-23(29)28(19-24)18-22-6-1-2-13-26-22;;/h1-6,13,16H,7-12,14-15,17-19,25H2;2*1H. The van der Waals surface area contributed by atoms with Crippen LogP contribution in [0.2, 0.25) is 0 Å². The fourth-order valence-corrected chi connectivity index (χ4v) is 4.84. The highest BCUT2D eigenvalue weighted by atomic mass is 35.5. The van der Waals surface area contributed by atoms with Gasteiger partial charge >= 0.3 is 0 Å². The first kappa shape index (κ1) is 25.6. The predicted octanol–water partition coefficient (Wildman–Crippen LogP) is 3.83. The van der Waals surface area contributed by atoms with Gasteiger partial charge in [-0.1, -0.05) is 30.3 Å². The molecule has 0 atom stereocenters. The first-order chi connectivity index (χ1) is 14.2. The monoisotopic (exact) mass is 464 g/mol. The molecule has 0 aliphatic carbocycles. The van der Waals surface area contributed by atoms with Crippen molar-refractivity contribution in [2.45, 2.75) is 45.2 Å². The molecule has 0 radical (unpaired) electrons. The minimum atomic E-state index is 0. The van der Waals surface area contributed by atoms with Gasteiger partial charge in [-0.25, -0.2) is 0 Å². The summed E-state index contributed by atoms with van der Waals surface area (Å²) in [6.07, 6.45) is 6.79. The lowest BCUT2D eigenvalue weighted by Crippen LogP contribution is -2.51. The van der Waals surface area contributed by atoms with Crippen LogP contribution in [-0.2, 0) is 24.3 Å². The number of hydrogen-bond acceptors (Lipinski definition) is 4. The highest BCUT2D eigenvalue weighted by Crippen LogP contribution is 2.40. The quantitative estimate of drug-likeness (QED) is 0.705. The van der Waals surface area contributed by atoms with Crippen molar-refractivity contribution in [3.05, 3.63) is 65.5 Å². The summed E-state index contributed by atoms with van der Waals surface area (Å²) < 4.78 is 0. The second kappa shape index (κ2) is 11.8. The summed E-state index contributed by atoms with van der Waals surface area (Å²) in [5.41, 5.74) is 9.66. The normalized spacial score (nSPS) is 18.4. The Morgan fingerprint density at radius 2 is 1.74 bits per heavy atom. The van der Waals surface area contributed by atoms with Crippen LogP contribution in [0.3, 0.4) is 0 Å².